The number of urea groups is 1. The van der Waals surface area contributed by atoms with Gasteiger partial charge in [-0.05, 0) is 79.9 Å². The van der Waals surface area contributed by atoms with Crippen LogP contribution in [0.2, 0.25) is 10.0 Å². The van der Waals surface area contributed by atoms with Crippen molar-refractivity contribution >= 4 is 40.9 Å². The molecule has 0 aliphatic carbocycles. The van der Waals surface area contributed by atoms with Crippen molar-refractivity contribution in [3.8, 4) is 11.5 Å². The first-order valence-electron chi connectivity index (χ1n) is 13.2. The molecule has 0 aliphatic rings. The van der Waals surface area contributed by atoms with E-state index in [1.165, 1.54) is 12.1 Å². The molecule has 3 aromatic carbocycles. The molecule has 0 saturated heterocycles. The number of nitrogens with one attached hydrogen (secondary N) is 1. The number of ether oxygens (including phenoxy) is 3. The van der Waals surface area contributed by atoms with E-state index >= 15 is 0 Å². The standard InChI is InChI=1S/C30H33Cl2FN2O6/c1-2-39-28(29(36)37)19-21-5-10-24(11-6-21)41-18-16-35(30(38)34-27-14-7-22(31)20-26(27)32)15-3-4-17-40-25-12-8-23(33)9-13-25/h5-14,20,28H,2-4,15-19H2,1H3,(H,34,38)(H,36,37). The Kier molecular flexibility index (Phi) is 13.0. The van der Waals surface area contributed by atoms with E-state index in [-0.39, 0.29) is 24.9 Å². The molecule has 0 fully saturated rings. The highest BCUT2D eigenvalue weighted by molar-refractivity contribution is 6.36. The first-order valence-corrected chi connectivity index (χ1v) is 14.0. The van der Waals surface area contributed by atoms with Gasteiger partial charge in [0.2, 0.25) is 0 Å². The van der Waals surface area contributed by atoms with Gasteiger partial charge in [0.25, 0.3) is 0 Å². The molecule has 0 aromatic heterocycles. The predicted octanol–water partition coefficient (Wildman–Crippen LogP) is 6.94. The Morgan fingerprint density at radius 1 is 0.927 bits per heavy atom. The molecule has 0 saturated carbocycles. The van der Waals surface area contributed by atoms with Crippen molar-refractivity contribution in [2.24, 2.45) is 0 Å². The average molecular weight is 608 g/mol. The number of amides is 2. The molecular weight excluding hydrogens is 574 g/mol. The lowest BCUT2D eigenvalue weighted by molar-refractivity contribution is -0.149. The SMILES string of the molecule is CCOC(Cc1ccc(OCCN(CCCCOc2ccc(F)cc2)C(=O)Nc2ccc(Cl)cc2Cl)cc1)C(=O)O. The van der Waals surface area contributed by atoms with Crippen LogP contribution in [0.1, 0.15) is 25.3 Å². The van der Waals surface area contributed by atoms with Gasteiger partial charge in [-0.2, -0.15) is 0 Å². The lowest BCUT2D eigenvalue weighted by Crippen LogP contribution is -2.38. The van der Waals surface area contributed by atoms with Crippen LogP contribution in [-0.4, -0.2) is 61.0 Å². The zero-order valence-electron chi connectivity index (χ0n) is 22.7. The molecule has 3 aromatic rings. The Morgan fingerprint density at radius 3 is 2.22 bits per heavy atom. The van der Waals surface area contributed by atoms with Gasteiger partial charge >= 0.3 is 12.0 Å². The predicted molar refractivity (Wildman–Crippen MR) is 157 cm³/mol. The van der Waals surface area contributed by atoms with Gasteiger partial charge in [-0.1, -0.05) is 35.3 Å². The van der Waals surface area contributed by atoms with Gasteiger partial charge in [0.05, 0.1) is 23.9 Å². The highest BCUT2D eigenvalue weighted by Crippen LogP contribution is 2.25. The number of carboxylic acid groups (broad SMARTS) is 1. The second-order valence-electron chi connectivity index (χ2n) is 9.03. The van der Waals surface area contributed by atoms with E-state index in [0.717, 1.165) is 5.56 Å². The Labute approximate surface area is 248 Å². The van der Waals surface area contributed by atoms with Crippen molar-refractivity contribution < 1.29 is 33.3 Å². The fraction of sp³-hybridized carbons (Fsp3) is 0.333. The minimum Gasteiger partial charge on any atom is -0.494 e. The largest absolute Gasteiger partial charge is 0.494 e. The maximum atomic E-state index is 13.1. The topological polar surface area (TPSA) is 97.3 Å². The summed E-state index contributed by atoms with van der Waals surface area (Å²) in [6.45, 7) is 3.43. The third-order valence-electron chi connectivity index (χ3n) is 5.98. The van der Waals surface area contributed by atoms with E-state index in [1.807, 2.05) is 0 Å². The minimum atomic E-state index is -1.01. The number of rotatable bonds is 16. The summed E-state index contributed by atoms with van der Waals surface area (Å²) in [5.41, 5.74) is 1.25. The molecular formula is C30H33Cl2FN2O6. The van der Waals surface area contributed by atoms with E-state index in [2.05, 4.69) is 5.32 Å². The highest BCUT2D eigenvalue weighted by Gasteiger charge is 2.18. The molecule has 0 spiro atoms. The van der Waals surface area contributed by atoms with Crippen LogP contribution in [0.15, 0.2) is 66.7 Å². The zero-order valence-corrected chi connectivity index (χ0v) is 24.2. The lowest BCUT2D eigenvalue weighted by atomic mass is 10.1. The number of carbonyl (C=O) groups is 2. The molecule has 2 amide bonds. The van der Waals surface area contributed by atoms with Gasteiger partial charge in [-0.25, -0.2) is 14.0 Å². The van der Waals surface area contributed by atoms with Crippen molar-refractivity contribution in [3.05, 3.63) is 88.2 Å². The molecule has 8 nitrogen and oxygen atoms in total. The number of halogens is 3. The number of aliphatic carboxylic acids is 1. The molecule has 220 valence electrons. The summed E-state index contributed by atoms with van der Waals surface area (Å²) in [6.07, 6.45) is 0.663. The van der Waals surface area contributed by atoms with Crippen LogP contribution in [0, 0.1) is 5.82 Å². The Balaban J connectivity index is 1.53. The monoisotopic (exact) mass is 606 g/mol. The van der Waals surface area contributed by atoms with Gasteiger partial charge in [-0.15, -0.1) is 0 Å². The maximum Gasteiger partial charge on any atom is 0.333 e. The molecule has 3 rings (SSSR count). The average Bonchev–Trinajstić information content (AvgIpc) is 2.95. The number of unbranched alkanes of at least 4 members (excludes halogenated alkanes) is 1. The number of nitrogens with zero attached hydrogens (tertiary/aromatic N) is 1. The summed E-state index contributed by atoms with van der Waals surface area (Å²) < 4.78 is 29.8. The first-order chi connectivity index (χ1) is 19.7. The Hall–Kier alpha value is -3.53. The zero-order chi connectivity index (χ0) is 29.6. The summed E-state index contributed by atoms with van der Waals surface area (Å²) >= 11 is 12.2. The van der Waals surface area contributed by atoms with Gasteiger partial charge in [-0.3, -0.25) is 0 Å². The van der Waals surface area contributed by atoms with Gasteiger partial charge in [0.15, 0.2) is 6.10 Å². The fourth-order valence-electron chi connectivity index (χ4n) is 3.85. The van der Waals surface area contributed by atoms with Crippen molar-refractivity contribution in [1.82, 2.24) is 4.90 Å². The van der Waals surface area contributed by atoms with Crippen molar-refractivity contribution in [2.75, 3.05) is 38.2 Å². The third kappa shape index (κ3) is 11.1. The van der Waals surface area contributed by atoms with Crippen LogP contribution in [0.25, 0.3) is 0 Å². The second-order valence-corrected chi connectivity index (χ2v) is 9.87. The van der Waals surface area contributed by atoms with Gasteiger partial charge in [0.1, 0.15) is 23.9 Å². The van der Waals surface area contributed by atoms with Gasteiger partial charge < -0.3 is 29.5 Å². The minimum absolute atomic E-state index is 0.226. The number of hydrogen-bond donors (Lipinski definition) is 2. The number of carboxylic acids is 1. The lowest BCUT2D eigenvalue weighted by Gasteiger charge is -2.24. The Morgan fingerprint density at radius 2 is 1.59 bits per heavy atom. The number of anilines is 1. The molecule has 41 heavy (non-hydrogen) atoms. The summed E-state index contributed by atoms with van der Waals surface area (Å²) in [5.74, 6) is -0.168. The molecule has 11 heteroatoms. The third-order valence-corrected chi connectivity index (χ3v) is 6.53. The second kappa shape index (κ2) is 16.7. The fourth-order valence-corrected chi connectivity index (χ4v) is 4.31. The molecule has 2 N–H and O–H groups in total. The maximum absolute atomic E-state index is 13.1. The van der Waals surface area contributed by atoms with Crippen molar-refractivity contribution in [1.29, 1.82) is 0 Å². The normalized spacial score (nSPS) is 11.5. The summed E-state index contributed by atoms with van der Waals surface area (Å²) in [5, 5.41) is 12.9. The van der Waals surface area contributed by atoms with Crippen LogP contribution >= 0.6 is 23.2 Å². The number of benzene rings is 3. The summed E-state index contributed by atoms with van der Waals surface area (Å²) in [7, 11) is 0. The van der Waals surface area contributed by atoms with Crippen molar-refractivity contribution in [3.63, 3.8) is 0 Å². The van der Waals surface area contributed by atoms with E-state index in [0.29, 0.717) is 66.4 Å². The van der Waals surface area contributed by atoms with E-state index in [4.69, 9.17) is 37.4 Å². The quantitative estimate of drug-likeness (QED) is 0.171. The highest BCUT2D eigenvalue weighted by atomic mass is 35.5. The smallest absolute Gasteiger partial charge is 0.333 e. The van der Waals surface area contributed by atoms with E-state index < -0.39 is 12.1 Å². The van der Waals surface area contributed by atoms with Crippen LogP contribution in [-0.2, 0) is 16.0 Å². The molecule has 0 radical (unpaired) electrons. The van der Waals surface area contributed by atoms with E-state index in [1.54, 1.807) is 66.4 Å². The molecule has 0 heterocycles. The Bertz CT molecular complexity index is 1260. The van der Waals surface area contributed by atoms with Crippen LogP contribution in [0.4, 0.5) is 14.9 Å². The van der Waals surface area contributed by atoms with E-state index in [9.17, 15) is 19.1 Å². The van der Waals surface area contributed by atoms with Crippen LogP contribution in [0.3, 0.4) is 0 Å². The van der Waals surface area contributed by atoms with Crippen molar-refractivity contribution in [2.45, 2.75) is 32.3 Å². The van der Waals surface area contributed by atoms with Crippen LogP contribution < -0.4 is 14.8 Å². The van der Waals surface area contributed by atoms with Gasteiger partial charge in [0, 0.05) is 24.6 Å². The molecule has 1 unspecified atom stereocenters. The number of hydrogen-bond acceptors (Lipinski definition) is 5. The molecule has 0 bridgehead atoms. The molecule has 0 aliphatic heterocycles. The van der Waals surface area contributed by atoms with Crippen LogP contribution in [0.5, 0.6) is 11.5 Å². The summed E-state index contributed by atoms with van der Waals surface area (Å²) in [4.78, 5) is 26.1. The summed E-state index contributed by atoms with van der Waals surface area (Å²) in [6, 6.07) is 17.4. The molecule has 1 atom stereocenters. The number of carbonyl (C=O) groups excluding carboxylic acids is 1. The first kappa shape index (κ1) is 32.0.